The normalized spacial score (nSPS) is 24.7. The number of ether oxygens (including phenoxy) is 2. The summed E-state index contributed by atoms with van der Waals surface area (Å²) in [5, 5.41) is 16.8. The summed E-state index contributed by atoms with van der Waals surface area (Å²) in [6.07, 6.45) is 10.8. The first-order valence-electron chi connectivity index (χ1n) is 15.7. The minimum atomic E-state index is -0.704. The van der Waals surface area contributed by atoms with Gasteiger partial charge in [0.1, 0.15) is 18.1 Å². The molecule has 6 heteroatoms. The molecular formula is C36H44N2O4. The summed E-state index contributed by atoms with van der Waals surface area (Å²) in [6.45, 7) is 2.39. The maximum Gasteiger partial charge on any atom is 0.211 e. The third-order valence-corrected chi connectivity index (χ3v) is 9.76. The molecule has 0 radical (unpaired) electrons. The average molecular weight is 569 g/mol. The maximum absolute atomic E-state index is 11.2. The van der Waals surface area contributed by atoms with E-state index in [0.29, 0.717) is 42.0 Å². The molecule has 0 heterocycles. The molecule has 4 aliphatic rings. The third kappa shape index (κ3) is 7.16. The second-order valence-electron chi connectivity index (χ2n) is 12.9. The maximum atomic E-state index is 11.2. The first-order valence-corrected chi connectivity index (χ1v) is 15.7. The molecule has 7 rings (SSSR count). The lowest BCUT2D eigenvalue weighted by atomic mass is 9.49. The van der Waals surface area contributed by atoms with Gasteiger partial charge in [0.2, 0.25) is 6.41 Å². The molecule has 1 amide bonds. The Kier molecular flexibility index (Phi) is 9.11. The van der Waals surface area contributed by atoms with Crippen LogP contribution >= 0.6 is 0 Å². The van der Waals surface area contributed by atoms with Gasteiger partial charge in [0, 0.05) is 6.54 Å². The number of amides is 1. The minimum absolute atomic E-state index is 0.396. The topological polar surface area (TPSA) is 79.8 Å². The minimum Gasteiger partial charge on any atom is -0.494 e. The van der Waals surface area contributed by atoms with Gasteiger partial charge in [-0.2, -0.15) is 0 Å². The molecule has 3 aromatic rings. The highest BCUT2D eigenvalue weighted by molar-refractivity contribution is 5.76. The van der Waals surface area contributed by atoms with Gasteiger partial charge in [0.15, 0.2) is 0 Å². The van der Waals surface area contributed by atoms with E-state index in [4.69, 9.17) is 9.47 Å². The Morgan fingerprint density at radius 2 is 1.60 bits per heavy atom. The van der Waals surface area contributed by atoms with Crippen LogP contribution in [0.15, 0.2) is 72.8 Å². The summed E-state index contributed by atoms with van der Waals surface area (Å²) >= 11 is 0. The number of anilines is 1. The number of carbonyl (C=O) groups excluding carboxylic acids is 1. The fraction of sp³-hybridized carbons (Fsp3) is 0.472. The number of aliphatic hydroxyl groups is 1. The van der Waals surface area contributed by atoms with Crippen molar-refractivity contribution < 1.29 is 19.4 Å². The summed E-state index contributed by atoms with van der Waals surface area (Å²) < 4.78 is 12.1. The van der Waals surface area contributed by atoms with Gasteiger partial charge in [0.05, 0.1) is 18.4 Å². The van der Waals surface area contributed by atoms with Crippen molar-refractivity contribution >= 4 is 12.1 Å². The Balaban J connectivity index is 0.918. The van der Waals surface area contributed by atoms with Gasteiger partial charge in [0.25, 0.3) is 0 Å². The molecule has 0 saturated heterocycles. The second-order valence-corrected chi connectivity index (χ2v) is 12.9. The molecule has 1 atom stereocenters. The van der Waals surface area contributed by atoms with Crippen molar-refractivity contribution in [2.24, 2.45) is 23.2 Å². The fourth-order valence-corrected chi connectivity index (χ4v) is 8.12. The van der Waals surface area contributed by atoms with Crippen molar-refractivity contribution in [2.45, 2.75) is 64.1 Å². The lowest BCUT2D eigenvalue weighted by molar-refractivity contribution is -0.105. The largest absolute Gasteiger partial charge is 0.494 e. The molecule has 0 aromatic heterocycles. The van der Waals surface area contributed by atoms with Gasteiger partial charge in [-0.1, -0.05) is 48.5 Å². The molecule has 3 aromatic carbocycles. The van der Waals surface area contributed by atoms with Gasteiger partial charge in [-0.25, -0.2) is 0 Å². The highest BCUT2D eigenvalue weighted by Crippen LogP contribution is 2.61. The number of benzene rings is 3. The van der Waals surface area contributed by atoms with Crippen LogP contribution in [0.2, 0.25) is 0 Å². The average Bonchev–Trinajstić information content (AvgIpc) is 2.99. The first kappa shape index (κ1) is 28.8. The Labute approximate surface area is 249 Å². The SMILES string of the molecule is O=CNc1cc(C(O)CNCCc2ccc(OCCC34CC5CC(CC(C5)C3)C4)cc2)ccc1OCc1ccccc1. The van der Waals surface area contributed by atoms with Crippen LogP contribution in [0.4, 0.5) is 5.69 Å². The summed E-state index contributed by atoms with van der Waals surface area (Å²) in [5.41, 5.74) is 4.10. The van der Waals surface area contributed by atoms with Crippen LogP contribution in [0.3, 0.4) is 0 Å². The number of hydrogen-bond donors (Lipinski definition) is 3. The van der Waals surface area contributed by atoms with Crippen molar-refractivity contribution in [1.82, 2.24) is 5.32 Å². The van der Waals surface area contributed by atoms with Crippen LogP contribution in [-0.4, -0.2) is 31.2 Å². The highest BCUT2D eigenvalue weighted by Gasteiger charge is 2.50. The summed E-state index contributed by atoms with van der Waals surface area (Å²) in [5.74, 6) is 4.50. The highest BCUT2D eigenvalue weighted by atomic mass is 16.5. The molecule has 4 fully saturated rings. The number of rotatable bonds is 15. The Morgan fingerprint density at radius 3 is 2.29 bits per heavy atom. The molecule has 1 unspecified atom stereocenters. The fourth-order valence-electron chi connectivity index (χ4n) is 8.12. The number of hydrogen-bond acceptors (Lipinski definition) is 5. The smallest absolute Gasteiger partial charge is 0.211 e. The van der Waals surface area contributed by atoms with Crippen LogP contribution in [-0.2, 0) is 17.8 Å². The van der Waals surface area contributed by atoms with E-state index >= 15 is 0 Å². The van der Waals surface area contributed by atoms with Crippen molar-refractivity contribution in [3.05, 3.63) is 89.5 Å². The van der Waals surface area contributed by atoms with Gasteiger partial charge in [-0.15, -0.1) is 0 Å². The molecule has 4 bridgehead atoms. The lowest BCUT2D eigenvalue weighted by Gasteiger charge is -2.57. The summed E-state index contributed by atoms with van der Waals surface area (Å²) in [4.78, 5) is 11.2. The predicted octanol–water partition coefficient (Wildman–Crippen LogP) is 6.68. The summed E-state index contributed by atoms with van der Waals surface area (Å²) in [7, 11) is 0. The zero-order chi connectivity index (χ0) is 28.8. The van der Waals surface area contributed by atoms with Crippen molar-refractivity contribution in [2.75, 3.05) is 25.0 Å². The third-order valence-electron chi connectivity index (χ3n) is 9.76. The van der Waals surface area contributed by atoms with E-state index in [9.17, 15) is 9.90 Å². The van der Waals surface area contributed by atoms with Crippen LogP contribution in [0.25, 0.3) is 0 Å². The monoisotopic (exact) mass is 568 g/mol. The van der Waals surface area contributed by atoms with Crippen LogP contribution in [0.5, 0.6) is 11.5 Å². The van der Waals surface area contributed by atoms with E-state index in [1.807, 2.05) is 36.4 Å². The van der Waals surface area contributed by atoms with Gasteiger partial charge in [-0.05, 0) is 122 Å². The standard InChI is InChI=1S/C36H44N2O4/c39-25-38-33-19-31(8-11-35(33)42-24-27-4-2-1-3-5-27)34(40)23-37-14-12-26-6-9-32(10-7-26)41-15-13-36-20-28-16-29(21-36)18-30(17-28)22-36/h1-11,19,25,28-30,34,37,40H,12-18,20-24H2,(H,38,39). The van der Waals surface area contributed by atoms with Gasteiger partial charge >= 0.3 is 0 Å². The molecule has 4 saturated carbocycles. The molecule has 4 aliphatic carbocycles. The molecule has 3 N–H and O–H groups in total. The van der Waals surface area contributed by atoms with Crippen molar-refractivity contribution in [1.29, 1.82) is 0 Å². The second kappa shape index (κ2) is 13.3. The first-order chi connectivity index (χ1) is 20.6. The summed E-state index contributed by atoms with van der Waals surface area (Å²) in [6, 6.07) is 23.7. The molecule has 0 spiro atoms. The molecule has 6 nitrogen and oxygen atoms in total. The van der Waals surface area contributed by atoms with Gasteiger partial charge in [-0.3, -0.25) is 4.79 Å². The van der Waals surface area contributed by atoms with E-state index in [-0.39, 0.29) is 0 Å². The quantitative estimate of drug-likeness (QED) is 0.141. The van der Waals surface area contributed by atoms with Gasteiger partial charge < -0.3 is 25.2 Å². The Hall–Kier alpha value is -3.35. The van der Waals surface area contributed by atoms with E-state index in [1.54, 1.807) is 12.1 Å². The lowest BCUT2D eigenvalue weighted by Crippen LogP contribution is -2.46. The zero-order valence-corrected chi connectivity index (χ0v) is 24.5. The Bertz CT molecular complexity index is 1270. The molecule has 0 aliphatic heterocycles. The van der Waals surface area contributed by atoms with E-state index < -0.39 is 6.10 Å². The Morgan fingerprint density at radius 1 is 0.881 bits per heavy atom. The predicted molar refractivity (Wildman–Crippen MR) is 166 cm³/mol. The number of nitrogens with one attached hydrogen (secondary N) is 2. The molecule has 42 heavy (non-hydrogen) atoms. The zero-order valence-electron chi connectivity index (χ0n) is 24.5. The van der Waals surface area contributed by atoms with E-state index in [2.05, 4.69) is 34.9 Å². The molecule has 222 valence electrons. The van der Waals surface area contributed by atoms with Crippen molar-refractivity contribution in [3.8, 4) is 11.5 Å². The van der Waals surface area contributed by atoms with Crippen LogP contribution in [0.1, 0.15) is 67.7 Å². The molecular weight excluding hydrogens is 524 g/mol. The van der Waals surface area contributed by atoms with E-state index in [0.717, 1.165) is 48.6 Å². The van der Waals surface area contributed by atoms with Crippen molar-refractivity contribution in [3.63, 3.8) is 0 Å². The number of carbonyl (C=O) groups is 1. The number of aliphatic hydroxyl groups excluding tert-OH is 1. The van der Waals surface area contributed by atoms with Crippen LogP contribution in [0, 0.1) is 23.2 Å². The van der Waals surface area contributed by atoms with E-state index in [1.165, 1.54) is 50.5 Å². The van der Waals surface area contributed by atoms with Crippen LogP contribution < -0.4 is 20.1 Å².